The van der Waals surface area contributed by atoms with Crippen LogP contribution in [-0.4, -0.2) is 54.5 Å². The molecule has 2 aliphatic heterocycles. The lowest BCUT2D eigenvalue weighted by Gasteiger charge is -2.24. The second kappa shape index (κ2) is 5.80. The quantitative estimate of drug-likeness (QED) is 0.830. The average molecular weight is 265 g/mol. The van der Waals surface area contributed by atoms with Crippen LogP contribution in [0.15, 0.2) is 0 Å². The van der Waals surface area contributed by atoms with E-state index in [1.54, 1.807) is 0 Å². The molecule has 3 fully saturated rings. The van der Waals surface area contributed by atoms with E-state index in [4.69, 9.17) is 5.73 Å². The predicted octanol–water partition coefficient (Wildman–Crippen LogP) is 1.06. The van der Waals surface area contributed by atoms with E-state index in [0.29, 0.717) is 11.8 Å². The number of rotatable bonds is 3. The smallest absolute Gasteiger partial charge is 0.227 e. The van der Waals surface area contributed by atoms with E-state index in [9.17, 15) is 4.79 Å². The first-order valence-corrected chi connectivity index (χ1v) is 8.01. The Kier molecular flexibility index (Phi) is 4.08. The Labute approximate surface area is 116 Å². The average Bonchev–Trinajstić information content (AvgIpc) is 3.10. The van der Waals surface area contributed by atoms with Crippen molar-refractivity contribution in [3.05, 3.63) is 0 Å². The van der Waals surface area contributed by atoms with E-state index in [0.717, 1.165) is 32.4 Å². The summed E-state index contributed by atoms with van der Waals surface area (Å²) >= 11 is 0. The van der Waals surface area contributed by atoms with Gasteiger partial charge in [-0.15, -0.1) is 0 Å². The van der Waals surface area contributed by atoms with Crippen LogP contribution in [0, 0.1) is 11.8 Å². The third-order valence-electron chi connectivity index (χ3n) is 5.20. The largest absolute Gasteiger partial charge is 0.342 e. The third kappa shape index (κ3) is 2.95. The fraction of sp³-hybridized carbons (Fsp3) is 0.933. The molecule has 1 amide bonds. The van der Waals surface area contributed by atoms with Gasteiger partial charge in [-0.2, -0.15) is 0 Å². The van der Waals surface area contributed by atoms with E-state index >= 15 is 0 Å². The van der Waals surface area contributed by atoms with E-state index in [1.807, 2.05) is 0 Å². The number of likely N-dealkylation sites (tertiary alicyclic amines) is 2. The number of carbonyl (C=O) groups excluding carboxylic acids is 1. The normalized spacial score (nSPS) is 36.3. The van der Waals surface area contributed by atoms with Crippen molar-refractivity contribution in [1.29, 1.82) is 0 Å². The molecular weight excluding hydrogens is 238 g/mol. The fourth-order valence-corrected chi connectivity index (χ4v) is 4.04. The summed E-state index contributed by atoms with van der Waals surface area (Å²) in [6.07, 6.45) is 7.06. The van der Waals surface area contributed by atoms with Crippen molar-refractivity contribution in [2.45, 2.75) is 44.6 Å². The minimum atomic E-state index is 0.116. The molecule has 0 radical (unpaired) electrons. The lowest BCUT2D eigenvalue weighted by atomic mass is 10.0. The summed E-state index contributed by atoms with van der Waals surface area (Å²) in [5, 5.41) is 0. The van der Waals surface area contributed by atoms with Crippen LogP contribution in [0.2, 0.25) is 0 Å². The molecule has 3 atom stereocenters. The summed E-state index contributed by atoms with van der Waals surface area (Å²) in [4.78, 5) is 17.1. The van der Waals surface area contributed by atoms with Gasteiger partial charge in [0.1, 0.15) is 0 Å². The van der Waals surface area contributed by atoms with Gasteiger partial charge in [-0.3, -0.25) is 4.79 Å². The van der Waals surface area contributed by atoms with Gasteiger partial charge in [-0.25, -0.2) is 0 Å². The van der Waals surface area contributed by atoms with Crippen molar-refractivity contribution in [2.24, 2.45) is 17.6 Å². The summed E-state index contributed by atoms with van der Waals surface area (Å²) in [6.45, 7) is 5.65. The van der Waals surface area contributed by atoms with Crippen LogP contribution in [0.25, 0.3) is 0 Å². The molecule has 0 aromatic carbocycles. The van der Waals surface area contributed by atoms with Gasteiger partial charge in [0.15, 0.2) is 0 Å². The van der Waals surface area contributed by atoms with Gasteiger partial charge in [-0.1, -0.05) is 6.42 Å². The maximum atomic E-state index is 12.5. The first-order chi connectivity index (χ1) is 9.24. The Morgan fingerprint density at radius 3 is 2.53 bits per heavy atom. The van der Waals surface area contributed by atoms with Crippen LogP contribution < -0.4 is 5.73 Å². The third-order valence-corrected chi connectivity index (χ3v) is 5.20. The summed E-state index contributed by atoms with van der Waals surface area (Å²) in [5.41, 5.74) is 6.06. The fourth-order valence-electron chi connectivity index (χ4n) is 4.04. The van der Waals surface area contributed by atoms with Gasteiger partial charge in [0.05, 0.1) is 5.92 Å². The Bertz CT molecular complexity index is 327. The zero-order valence-corrected chi connectivity index (χ0v) is 11.9. The van der Waals surface area contributed by atoms with E-state index in [-0.39, 0.29) is 12.0 Å². The molecule has 4 heteroatoms. The SMILES string of the molecule is N[C@@H]1CCC[C@H]1C(=O)N1CC[C@H](CN2CCCC2)C1. The van der Waals surface area contributed by atoms with Crippen molar-refractivity contribution >= 4 is 5.91 Å². The number of nitrogens with two attached hydrogens (primary N) is 1. The molecule has 1 aliphatic carbocycles. The highest BCUT2D eigenvalue weighted by atomic mass is 16.2. The molecule has 2 heterocycles. The molecule has 1 saturated carbocycles. The molecule has 2 saturated heterocycles. The van der Waals surface area contributed by atoms with Crippen molar-refractivity contribution in [2.75, 3.05) is 32.7 Å². The van der Waals surface area contributed by atoms with Crippen molar-refractivity contribution in [3.63, 3.8) is 0 Å². The summed E-state index contributed by atoms with van der Waals surface area (Å²) < 4.78 is 0. The van der Waals surface area contributed by atoms with Gasteiger partial charge in [0.2, 0.25) is 5.91 Å². The lowest BCUT2D eigenvalue weighted by Crippen LogP contribution is -2.41. The van der Waals surface area contributed by atoms with E-state index in [1.165, 1.54) is 38.9 Å². The highest BCUT2D eigenvalue weighted by Crippen LogP contribution is 2.28. The maximum Gasteiger partial charge on any atom is 0.227 e. The van der Waals surface area contributed by atoms with Crippen LogP contribution >= 0.6 is 0 Å². The topological polar surface area (TPSA) is 49.6 Å². The van der Waals surface area contributed by atoms with Gasteiger partial charge >= 0.3 is 0 Å². The molecule has 0 aromatic heterocycles. The van der Waals surface area contributed by atoms with Crippen LogP contribution in [0.3, 0.4) is 0 Å². The molecule has 3 rings (SSSR count). The van der Waals surface area contributed by atoms with Crippen LogP contribution in [0.4, 0.5) is 0 Å². The minimum Gasteiger partial charge on any atom is -0.342 e. The molecule has 19 heavy (non-hydrogen) atoms. The summed E-state index contributed by atoms with van der Waals surface area (Å²) in [7, 11) is 0. The van der Waals surface area contributed by atoms with Gasteiger partial charge in [0.25, 0.3) is 0 Å². The zero-order valence-electron chi connectivity index (χ0n) is 11.9. The van der Waals surface area contributed by atoms with E-state index < -0.39 is 0 Å². The molecule has 0 spiro atoms. The monoisotopic (exact) mass is 265 g/mol. The summed E-state index contributed by atoms with van der Waals surface area (Å²) in [6, 6.07) is 0.116. The Balaban J connectivity index is 1.49. The molecule has 3 aliphatic rings. The van der Waals surface area contributed by atoms with Gasteiger partial charge < -0.3 is 15.5 Å². The zero-order chi connectivity index (χ0) is 13.2. The summed E-state index contributed by atoms with van der Waals surface area (Å²) in [5.74, 6) is 1.15. The molecule has 108 valence electrons. The number of amides is 1. The van der Waals surface area contributed by atoms with Crippen LogP contribution in [-0.2, 0) is 4.79 Å². The molecule has 0 bridgehead atoms. The lowest BCUT2D eigenvalue weighted by molar-refractivity contribution is -0.134. The highest BCUT2D eigenvalue weighted by Gasteiger charge is 2.36. The predicted molar refractivity (Wildman–Crippen MR) is 75.7 cm³/mol. The highest BCUT2D eigenvalue weighted by molar-refractivity contribution is 5.80. The van der Waals surface area contributed by atoms with Crippen molar-refractivity contribution in [1.82, 2.24) is 9.80 Å². The van der Waals surface area contributed by atoms with Gasteiger partial charge in [0, 0.05) is 25.7 Å². The van der Waals surface area contributed by atoms with Crippen LogP contribution in [0.5, 0.6) is 0 Å². The second-order valence-corrected chi connectivity index (χ2v) is 6.65. The Morgan fingerprint density at radius 1 is 1.05 bits per heavy atom. The molecule has 0 unspecified atom stereocenters. The standard InChI is InChI=1S/C15H27N3O/c16-14-5-3-4-13(14)15(19)18-9-6-12(11-18)10-17-7-1-2-8-17/h12-14H,1-11,16H2/t12-,13-,14-/m1/s1. The minimum absolute atomic E-state index is 0.116. The number of hydrogen-bond acceptors (Lipinski definition) is 3. The molecule has 0 aromatic rings. The van der Waals surface area contributed by atoms with Crippen molar-refractivity contribution < 1.29 is 4.79 Å². The molecule has 2 N–H and O–H groups in total. The maximum absolute atomic E-state index is 12.5. The first-order valence-electron chi connectivity index (χ1n) is 8.01. The molecular formula is C15H27N3O. The number of nitrogens with zero attached hydrogens (tertiary/aromatic N) is 2. The molecule has 4 nitrogen and oxygen atoms in total. The van der Waals surface area contributed by atoms with Gasteiger partial charge in [-0.05, 0) is 51.1 Å². The van der Waals surface area contributed by atoms with Crippen LogP contribution in [0.1, 0.15) is 38.5 Å². The number of hydrogen-bond donors (Lipinski definition) is 1. The van der Waals surface area contributed by atoms with E-state index in [2.05, 4.69) is 9.80 Å². The first kappa shape index (κ1) is 13.4. The number of carbonyl (C=O) groups is 1. The van der Waals surface area contributed by atoms with Crippen molar-refractivity contribution in [3.8, 4) is 0 Å². The Hall–Kier alpha value is -0.610. The Morgan fingerprint density at radius 2 is 1.84 bits per heavy atom. The second-order valence-electron chi connectivity index (χ2n) is 6.65.